The molecule has 0 atom stereocenters. The van der Waals surface area contributed by atoms with Gasteiger partial charge in [0, 0.05) is 12.1 Å². The summed E-state index contributed by atoms with van der Waals surface area (Å²) >= 11 is 5.41. The lowest BCUT2D eigenvalue weighted by molar-refractivity contribution is 0.219. The van der Waals surface area contributed by atoms with Crippen molar-refractivity contribution >= 4 is 23.3 Å². The topological polar surface area (TPSA) is 29.9 Å². The van der Waals surface area contributed by atoms with E-state index in [1.54, 1.807) is 7.11 Å². The van der Waals surface area contributed by atoms with Gasteiger partial charge in [-0.3, -0.25) is 0 Å². The Balaban J connectivity index is 2.15. The molecule has 1 N–H and O–H groups in total. The number of ether oxygens (including phenoxy) is 1. The van der Waals surface area contributed by atoms with Gasteiger partial charge in [-0.2, -0.15) is 0 Å². The maximum absolute atomic E-state index is 5.41. The van der Waals surface area contributed by atoms with E-state index in [0.717, 1.165) is 27.5 Å². The Morgan fingerprint density at radius 1 is 1.41 bits per heavy atom. The number of aromatic nitrogens is 2. The molecule has 90 valence electrons. The Labute approximate surface area is 105 Å². The van der Waals surface area contributed by atoms with Gasteiger partial charge in [0.15, 0.2) is 4.77 Å². The van der Waals surface area contributed by atoms with Crippen LogP contribution in [0.2, 0.25) is 0 Å². The van der Waals surface area contributed by atoms with Gasteiger partial charge in [0.05, 0.1) is 18.1 Å². The summed E-state index contributed by atoms with van der Waals surface area (Å²) in [6.07, 6.45) is 2.44. The predicted octanol–water partition coefficient (Wildman–Crippen LogP) is 3.68. The van der Waals surface area contributed by atoms with Crippen LogP contribution in [0.15, 0.2) is 18.2 Å². The molecule has 0 saturated heterocycles. The highest BCUT2D eigenvalue weighted by Gasteiger charge is 2.28. The zero-order valence-corrected chi connectivity index (χ0v) is 10.9. The van der Waals surface area contributed by atoms with Crippen molar-refractivity contribution in [2.24, 2.45) is 5.92 Å². The second-order valence-electron chi connectivity index (χ2n) is 4.91. The summed E-state index contributed by atoms with van der Waals surface area (Å²) in [6.45, 7) is 2.29. The number of imidazole rings is 1. The monoisotopic (exact) mass is 248 g/mol. The highest BCUT2D eigenvalue weighted by atomic mass is 32.1. The number of fused-ring (bicyclic) bond motifs is 1. The second kappa shape index (κ2) is 3.88. The van der Waals surface area contributed by atoms with Crippen LogP contribution < -0.4 is 4.74 Å². The molecule has 17 heavy (non-hydrogen) atoms. The van der Waals surface area contributed by atoms with E-state index in [4.69, 9.17) is 17.0 Å². The fourth-order valence-electron chi connectivity index (χ4n) is 2.66. The molecule has 2 aromatic rings. The molecule has 0 amide bonds. The number of rotatable bonds is 2. The van der Waals surface area contributed by atoms with Crippen LogP contribution in [-0.4, -0.2) is 16.7 Å². The number of nitrogens with one attached hydrogen (secondary N) is 1. The average Bonchev–Trinajstić information content (AvgIpc) is 2.60. The van der Waals surface area contributed by atoms with Gasteiger partial charge in [0.25, 0.3) is 0 Å². The van der Waals surface area contributed by atoms with E-state index in [9.17, 15) is 0 Å². The molecule has 1 aromatic heterocycles. The van der Waals surface area contributed by atoms with Crippen molar-refractivity contribution in [2.45, 2.75) is 25.8 Å². The van der Waals surface area contributed by atoms with Gasteiger partial charge >= 0.3 is 0 Å². The Kier molecular flexibility index (Phi) is 2.47. The summed E-state index contributed by atoms with van der Waals surface area (Å²) in [5.74, 6) is 1.70. The molecule has 3 nitrogen and oxygen atoms in total. The van der Waals surface area contributed by atoms with Crippen LogP contribution in [0.1, 0.15) is 25.8 Å². The van der Waals surface area contributed by atoms with E-state index in [-0.39, 0.29) is 0 Å². The number of aromatic amines is 1. The molecular weight excluding hydrogens is 232 g/mol. The number of hydrogen-bond donors (Lipinski definition) is 1. The molecular formula is C13H16N2OS. The van der Waals surface area contributed by atoms with Crippen LogP contribution in [0.5, 0.6) is 5.75 Å². The van der Waals surface area contributed by atoms with E-state index in [1.165, 1.54) is 12.8 Å². The maximum Gasteiger partial charge on any atom is 0.178 e. The smallest absolute Gasteiger partial charge is 0.178 e. The SMILES string of the molecule is COc1ccc2[nH]c(=S)n(C3CC(C)C3)c2c1. The van der Waals surface area contributed by atoms with Crippen LogP contribution >= 0.6 is 12.2 Å². The van der Waals surface area contributed by atoms with Crippen molar-refractivity contribution in [1.82, 2.24) is 9.55 Å². The van der Waals surface area contributed by atoms with E-state index in [0.29, 0.717) is 6.04 Å². The van der Waals surface area contributed by atoms with Crippen LogP contribution in [0, 0.1) is 10.7 Å². The number of benzene rings is 1. The Morgan fingerprint density at radius 3 is 2.82 bits per heavy atom. The molecule has 1 aliphatic rings. The molecule has 0 aliphatic heterocycles. The Bertz CT molecular complexity index is 607. The van der Waals surface area contributed by atoms with Crippen molar-refractivity contribution in [3.05, 3.63) is 23.0 Å². The van der Waals surface area contributed by atoms with Gasteiger partial charge in [-0.15, -0.1) is 0 Å². The summed E-state index contributed by atoms with van der Waals surface area (Å²) in [5.41, 5.74) is 2.25. The molecule has 0 unspecified atom stereocenters. The lowest BCUT2D eigenvalue weighted by atomic mass is 9.81. The van der Waals surface area contributed by atoms with Crippen LogP contribution in [0.3, 0.4) is 0 Å². The highest BCUT2D eigenvalue weighted by molar-refractivity contribution is 7.71. The molecule has 0 spiro atoms. The van der Waals surface area contributed by atoms with Gasteiger partial charge in [-0.05, 0) is 43.1 Å². The standard InChI is InChI=1S/C13H16N2OS/c1-8-5-9(6-8)15-12-7-10(16-2)3-4-11(12)14-13(15)17/h3-4,7-9H,5-6H2,1-2H3,(H,14,17). The summed E-state index contributed by atoms with van der Waals surface area (Å²) in [6, 6.07) is 6.60. The van der Waals surface area contributed by atoms with Crippen LogP contribution in [-0.2, 0) is 0 Å². The van der Waals surface area contributed by atoms with Gasteiger partial charge < -0.3 is 14.3 Å². The molecule has 1 heterocycles. The van der Waals surface area contributed by atoms with Gasteiger partial charge in [0.2, 0.25) is 0 Å². The van der Waals surface area contributed by atoms with Gasteiger partial charge in [-0.25, -0.2) is 0 Å². The minimum Gasteiger partial charge on any atom is -0.497 e. The number of H-pyrrole nitrogens is 1. The van der Waals surface area contributed by atoms with Crippen LogP contribution in [0.25, 0.3) is 11.0 Å². The van der Waals surface area contributed by atoms with E-state index < -0.39 is 0 Å². The number of hydrogen-bond acceptors (Lipinski definition) is 2. The zero-order chi connectivity index (χ0) is 12.0. The molecule has 0 bridgehead atoms. The number of methoxy groups -OCH3 is 1. The molecule has 1 aliphatic carbocycles. The first kappa shape index (κ1) is 10.8. The van der Waals surface area contributed by atoms with Crippen molar-refractivity contribution in [1.29, 1.82) is 0 Å². The first-order valence-corrected chi connectivity index (χ1v) is 6.38. The minimum absolute atomic E-state index is 0.554. The van der Waals surface area contributed by atoms with E-state index in [1.807, 2.05) is 12.1 Å². The number of nitrogens with zero attached hydrogens (tertiary/aromatic N) is 1. The normalized spacial score (nSPS) is 23.6. The third-order valence-corrected chi connectivity index (χ3v) is 3.94. The third kappa shape index (κ3) is 1.67. The largest absolute Gasteiger partial charge is 0.497 e. The first-order chi connectivity index (χ1) is 8.19. The quantitative estimate of drug-likeness (QED) is 0.822. The fraction of sp³-hybridized carbons (Fsp3) is 0.462. The predicted molar refractivity (Wildman–Crippen MR) is 71.1 cm³/mol. The molecule has 3 rings (SSSR count). The van der Waals surface area contributed by atoms with Crippen LogP contribution in [0.4, 0.5) is 0 Å². The molecule has 1 fully saturated rings. The molecule has 4 heteroatoms. The molecule has 1 saturated carbocycles. The average molecular weight is 248 g/mol. The van der Waals surface area contributed by atoms with Crippen molar-refractivity contribution in [2.75, 3.05) is 7.11 Å². The second-order valence-corrected chi connectivity index (χ2v) is 5.30. The van der Waals surface area contributed by atoms with E-state index in [2.05, 4.69) is 22.5 Å². The van der Waals surface area contributed by atoms with Crippen molar-refractivity contribution < 1.29 is 4.74 Å². The minimum atomic E-state index is 0.554. The van der Waals surface area contributed by atoms with E-state index >= 15 is 0 Å². The Hall–Kier alpha value is -1.29. The summed E-state index contributed by atoms with van der Waals surface area (Å²) in [4.78, 5) is 3.26. The lowest BCUT2D eigenvalue weighted by Crippen LogP contribution is -2.24. The summed E-state index contributed by atoms with van der Waals surface area (Å²) in [5, 5.41) is 0. The van der Waals surface area contributed by atoms with Gasteiger partial charge in [-0.1, -0.05) is 6.92 Å². The first-order valence-electron chi connectivity index (χ1n) is 5.97. The Morgan fingerprint density at radius 2 is 2.18 bits per heavy atom. The lowest BCUT2D eigenvalue weighted by Gasteiger charge is -2.34. The summed E-state index contributed by atoms with van der Waals surface area (Å²) < 4.78 is 8.35. The molecule has 0 radical (unpaired) electrons. The zero-order valence-electron chi connectivity index (χ0n) is 10.1. The summed E-state index contributed by atoms with van der Waals surface area (Å²) in [7, 11) is 1.69. The van der Waals surface area contributed by atoms with Crippen molar-refractivity contribution in [3.8, 4) is 5.75 Å². The molecule has 1 aromatic carbocycles. The third-order valence-electron chi connectivity index (χ3n) is 3.64. The van der Waals surface area contributed by atoms with Gasteiger partial charge in [0.1, 0.15) is 5.75 Å². The fourth-order valence-corrected chi connectivity index (χ4v) is 3.02. The maximum atomic E-state index is 5.41. The highest BCUT2D eigenvalue weighted by Crippen LogP contribution is 2.39. The van der Waals surface area contributed by atoms with Crippen molar-refractivity contribution in [3.63, 3.8) is 0 Å².